The highest BCUT2D eigenvalue weighted by atomic mass is 32.1. The van der Waals surface area contributed by atoms with Gasteiger partial charge in [-0.05, 0) is 70.0 Å². The molecule has 3 heteroatoms. The summed E-state index contributed by atoms with van der Waals surface area (Å²) in [5, 5.41) is 0. The number of hydrogen-bond donors (Lipinski definition) is 0. The summed E-state index contributed by atoms with van der Waals surface area (Å²) in [6.07, 6.45) is 7.24. The standard InChI is InChI=1S/C23H29NOS/c1-22(2,3)25-17-20-9-8-19(26-20)16-24-14-12-23(13-15-24)11-10-18-6-4-5-7-21(18)23/h4-11H,12-17H2,1-3H3. The molecule has 1 spiro atoms. The summed E-state index contributed by atoms with van der Waals surface area (Å²) in [5.41, 5.74) is 3.17. The van der Waals surface area contributed by atoms with E-state index < -0.39 is 0 Å². The normalized spacial score (nSPS) is 19.2. The molecule has 0 bridgehead atoms. The average Bonchev–Trinajstić information content (AvgIpc) is 3.21. The Kier molecular flexibility index (Phi) is 4.81. The van der Waals surface area contributed by atoms with Crippen molar-refractivity contribution < 1.29 is 4.74 Å². The number of fused-ring (bicyclic) bond motifs is 2. The molecule has 2 nitrogen and oxygen atoms in total. The molecule has 0 saturated carbocycles. The van der Waals surface area contributed by atoms with Crippen LogP contribution in [0.2, 0.25) is 0 Å². The Morgan fingerprint density at radius 3 is 2.54 bits per heavy atom. The lowest BCUT2D eigenvalue weighted by Gasteiger charge is -2.39. The molecule has 0 unspecified atom stereocenters. The van der Waals surface area contributed by atoms with Gasteiger partial charge in [0.15, 0.2) is 0 Å². The minimum atomic E-state index is -0.0730. The van der Waals surface area contributed by atoms with Crippen LogP contribution >= 0.6 is 11.3 Å². The molecule has 0 amide bonds. The number of nitrogens with zero attached hydrogens (tertiary/aromatic N) is 1. The number of benzene rings is 1. The predicted molar refractivity (Wildman–Crippen MR) is 111 cm³/mol. The van der Waals surface area contributed by atoms with Crippen molar-refractivity contribution in [1.29, 1.82) is 0 Å². The van der Waals surface area contributed by atoms with Gasteiger partial charge in [0.1, 0.15) is 0 Å². The minimum Gasteiger partial charge on any atom is -0.370 e. The van der Waals surface area contributed by atoms with E-state index in [1.807, 2.05) is 11.3 Å². The molecule has 1 aromatic heterocycles. The van der Waals surface area contributed by atoms with Crippen LogP contribution in [-0.2, 0) is 23.3 Å². The summed E-state index contributed by atoms with van der Waals surface area (Å²) < 4.78 is 5.90. The first-order valence-electron chi connectivity index (χ1n) is 9.66. The van der Waals surface area contributed by atoms with Crippen molar-refractivity contribution in [2.24, 2.45) is 0 Å². The molecular formula is C23H29NOS. The van der Waals surface area contributed by atoms with Crippen molar-refractivity contribution in [2.75, 3.05) is 13.1 Å². The second-order valence-corrected chi connectivity index (χ2v) is 9.87. The fraction of sp³-hybridized carbons (Fsp3) is 0.478. The van der Waals surface area contributed by atoms with Gasteiger partial charge in [0.25, 0.3) is 0 Å². The predicted octanol–water partition coefficient (Wildman–Crippen LogP) is 5.62. The second-order valence-electron chi connectivity index (χ2n) is 8.62. The highest BCUT2D eigenvalue weighted by Gasteiger charge is 2.37. The van der Waals surface area contributed by atoms with E-state index in [-0.39, 0.29) is 11.0 Å². The van der Waals surface area contributed by atoms with E-state index in [1.165, 1.54) is 46.8 Å². The quantitative estimate of drug-likeness (QED) is 0.695. The Morgan fingerprint density at radius 2 is 1.77 bits per heavy atom. The zero-order valence-electron chi connectivity index (χ0n) is 16.1. The topological polar surface area (TPSA) is 12.5 Å². The van der Waals surface area contributed by atoms with Crippen molar-refractivity contribution in [3.05, 3.63) is 63.4 Å². The number of piperidine rings is 1. The fourth-order valence-corrected chi connectivity index (χ4v) is 5.05. The first kappa shape index (κ1) is 18.0. The van der Waals surface area contributed by atoms with Gasteiger partial charge < -0.3 is 4.74 Å². The number of ether oxygens (including phenoxy) is 1. The summed E-state index contributed by atoms with van der Waals surface area (Å²) in [6, 6.07) is 13.4. The Morgan fingerprint density at radius 1 is 1.04 bits per heavy atom. The molecule has 1 aliphatic heterocycles. The maximum Gasteiger partial charge on any atom is 0.0816 e. The van der Waals surface area contributed by atoms with Gasteiger partial charge in [0.2, 0.25) is 0 Å². The van der Waals surface area contributed by atoms with Crippen LogP contribution in [0.15, 0.2) is 42.5 Å². The number of rotatable bonds is 4. The average molecular weight is 368 g/mol. The van der Waals surface area contributed by atoms with Crippen LogP contribution in [0.25, 0.3) is 6.08 Å². The molecule has 138 valence electrons. The van der Waals surface area contributed by atoms with Gasteiger partial charge in [-0.3, -0.25) is 4.90 Å². The maximum atomic E-state index is 5.90. The molecule has 2 heterocycles. The molecular weight excluding hydrogens is 338 g/mol. The van der Waals surface area contributed by atoms with Crippen LogP contribution in [0, 0.1) is 0 Å². The SMILES string of the molecule is CC(C)(C)OCc1ccc(CN2CCC3(C=Cc4ccccc43)CC2)s1. The lowest BCUT2D eigenvalue weighted by molar-refractivity contribution is -0.0136. The van der Waals surface area contributed by atoms with E-state index in [1.54, 1.807) is 0 Å². The van der Waals surface area contributed by atoms with Crippen molar-refractivity contribution in [2.45, 2.75) is 57.8 Å². The molecule has 4 rings (SSSR count). The molecule has 1 fully saturated rings. The van der Waals surface area contributed by atoms with Crippen LogP contribution in [0.5, 0.6) is 0 Å². The van der Waals surface area contributed by atoms with Crippen LogP contribution in [0.3, 0.4) is 0 Å². The Balaban J connectivity index is 1.34. The fourth-order valence-electron chi connectivity index (χ4n) is 4.07. The molecule has 0 atom stereocenters. The summed E-state index contributed by atoms with van der Waals surface area (Å²) >= 11 is 1.90. The van der Waals surface area contributed by atoms with Gasteiger partial charge in [-0.15, -0.1) is 11.3 Å². The van der Waals surface area contributed by atoms with Crippen LogP contribution in [-0.4, -0.2) is 23.6 Å². The van der Waals surface area contributed by atoms with Gasteiger partial charge in [0.05, 0.1) is 12.2 Å². The third-order valence-corrected chi connectivity index (χ3v) is 6.62. The zero-order valence-corrected chi connectivity index (χ0v) is 16.9. The Bertz CT molecular complexity index is 791. The molecule has 26 heavy (non-hydrogen) atoms. The van der Waals surface area contributed by atoms with Crippen LogP contribution in [0.4, 0.5) is 0 Å². The second kappa shape index (κ2) is 6.95. The van der Waals surface area contributed by atoms with Crippen molar-refractivity contribution in [3.63, 3.8) is 0 Å². The van der Waals surface area contributed by atoms with Gasteiger partial charge in [0, 0.05) is 21.7 Å². The van der Waals surface area contributed by atoms with Gasteiger partial charge in [-0.1, -0.05) is 36.4 Å². The van der Waals surface area contributed by atoms with Crippen LogP contribution < -0.4 is 0 Å². The molecule has 0 N–H and O–H groups in total. The van der Waals surface area contributed by atoms with E-state index in [2.05, 4.69) is 74.2 Å². The maximum absolute atomic E-state index is 5.90. The largest absolute Gasteiger partial charge is 0.370 e. The lowest BCUT2D eigenvalue weighted by atomic mass is 9.74. The monoisotopic (exact) mass is 367 g/mol. The van der Waals surface area contributed by atoms with Crippen molar-refractivity contribution in [1.82, 2.24) is 4.90 Å². The summed E-state index contributed by atoms with van der Waals surface area (Å²) in [6.45, 7) is 10.5. The number of allylic oxidation sites excluding steroid dienone is 1. The molecule has 1 saturated heterocycles. The highest BCUT2D eigenvalue weighted by molar-refractivity contribution is 7.11. The molecule has 2 aromatic rings. The molecule has 2 aliphatic rings. The number of thiophene rings is 1. The first-order chi connectivity index (χ1) is 12.4. The highest BCUT2D eigenvalue weighted by Crippen LogP contribution is 2.43. The van der Waals surface area contributed by atoms with Crippen LogP contribution in [0.1, 0.15) is 54.5 Å². The van der Waals surface area contributed by atoms with E-state index in [9.17, 15) is 0 Å². The smallest absolute Gasteiger partial charge is 0.0816 e. The van der Waals surface area contributed by atoms with Gasteiger partial charge in [-0.25, -0.2) is 0 Å². The summed E-state index contributed by atoms with van der Waals surface area (Å²) in [5.74, 6) is 0. The first-order valence-corrected chi connectivity index (χ1v) is 10.5. The minimum absolute atomic E-state index is 0.0730. The van der Waals surface area contributed by atoms with E-state index in [4.69, 9.17) is 4.74 Å². The van der Waals surface area contributed by atoms with Crippen molar-refractivity contribution in [3.8, 4) is 0 Å². The van der Waals surface area contributed by atoms with E-state index in [0.717, 1.165) is 13.2 Å². The van der Waals surface area contributed by atoms with Gasteiger partial charge >= 0.3 is 0 Å². The third-order valence-electron chi connectivity index (χ3n) is 5.57. The van der Waals surface area contributed by atoms with E-state index >= 15 is 0 Å². The van der Waals surface area contributed by atoms with E-state index in [0.29, 0.717) is 0 Å². The zero-order chi connectivity index (χ0) is 18.2. The summed E-state index contributed by atoms with van der Waals surface area (Å²) in [4.78, 5) is 5.40. The number of hydrogen-bond acceptors (Lipinski definition) is 3. The third kappa shape index (κ3) is 3.80. The van der Waals surface area contributed by atoms with Crippen molar-refractivity contribution >= 4 is 17.4 Å². The molecule has 1 aromatic carbocycles. The molecule has 0 radical (unpaired) electrons. The Hall–Kier alpha value is -1.42. The summed E-state index contributed by atoms with van der Waals surface area (Å²) in [7, 11) is 0. The lowest BCUT2D eigenvalue weighted by Crippen LogP contribution is -2.40. The molecule has 1 aliphatic carbocycles. The number of likely N-dealkylation sites (tertiary alicyclic amines) is 1. The van der Waals surface area contributed by atoms with Gasteiger partial charge in [-0.2, -0.15) is 0 Å². The Labute approximate surface area is 161 Å².